The van der Waals surface area contributed by atoms with Crippen molar-refractivity contribution in [1.82, 2.24) is 0 Å². The zero-order chi connectivity index (χ0) is 17.0. The molecule has 23 heavy (non-hydrogen) atoms. The summed E-state index contributed by atoms with van der Waals surface area (Å²) >= 11 is 0. The zero-order valence-electron chi connectivity index (χ0n) is 15.8. The van der Waals surface area contributed by atoms with Gasteiger partial charge in [-0.2, -0.15) is 0 Å². The predicted molar refractivity (Wildman–Crippen MR) is 100 cm³/mol. The Balaban J connectivity index is 3.04. The van der Waals surface area contributed by atoms with E-state index in [0.717, 1.165) is 19.3 Å². The number of hydrogen-bond acceptors (Lipinski definition) is 2. The average molecular weight is 326 g/mol. The van der Waals surface area contributed by atoms with Gasteiger partial charge in [0.15, 0.2) is 0 Å². The van der Waals surface area contributed by atoms with Gasteiger partial charge >= 0.3 is 5.97 Å². The van der Waals surface area contributed by atoms with Crippen LogP contribution in [0.2, 0.25) is 0 Å². The molecule has 0 saturated carbocycles. The highest BCUT2D eigenvalue weighted by Gasteiger charge is 2.00. The van der Waals surface area contributed by atoms with Gasteiger partial charge in [0.05, 0.1) is 6.61 Å². The molecule has 0 bridgehead atoms. The highest BCUT2D eigenvalue weighted by molar-refractivity contribution is 5.69. The first-order valence-electron chi connectivity index (χ1n) is 10.3. The van der Waals surface area contributed by atoms with Gasteiger partial charge in [-0.25, -0.2) is 0 Å². The van der Waals surface area contributed by atoms with E-state index in [1.807, 2.05) is 0 Å². The van der Waals surface area contributed by atoms with Gasteiger partial charge < -0.3 is 4.74 Å². The molecule has 2 nitrogen and oxygen atoms in total. The Labute approximate surface area is 145 Å². The lowest BCUT2D eigenvalue weighted by Crippen LogP contribution is -2.05. The minimum Gasteiger partial charge on any atom is -0.466 e. The van der Waals surface area contributed by atoms with Crippen LogP contribution in [0.1, 0.15) is 116 Å². The Hall–Kier alpha value is -0.530. The number of carbonyl (C=O) groups excluding carboxylic acids is 1. The molecule has 0 amide bonds. The van der Waals surface area contributed by atoms with Crippen molar-refractivity contribution in [2.24, 2.45) is 0 Å². The molecule has 1 radical (unpaired) electrons. The maximum absolute atomic E-state index is 11.3. The highest BCUT2D eigenvalue weighted by atomic mass is 16.5. The standard InChI is InChI=1S/C21H41O2/c1-3-5-7-8-9-10-11-12-13-14-15-16-17-18-20-23-21(22)19-6-4-2/h2-20H2,1H3. The highest BCUT2D eigenvalue weighted by Crippen LogP contribution is 2.13. The van der Waals surface area contributed by atoms with Crippen LogP contribution in [0, 0.1) is 6.92 Å². The van der Waals surface area contributed by atoms with Crippen LogP contribution in [-0.2, 0) is 9.53 Å². The van der Waals surface area contributed by atoms with Crippen molar-refractivity contribution in [3.05, 3.63) is 6.92 Å². The van der Waals surface area contributed by atoms with E-state index >= 15 is 0 Å². The largest absolute Gasteiger partial charge is 0.466 e. The van der Waals surface area contributed by atoms with Crippen LogP contribution in [0.5, 0.6) is 0 Å². The zero-order valence-corrected chi connectivity index (χ0v) is 15.8. The third kappa shape index (κ3) is 19.4. The van der Waals surface area contributed by atoms with Crippen molar-refractivity contribution in [1.29, 1.82) is 0 Å². The Morgan fingerprint density at radius 3 is 1.57 bits per heavy atom. The molecule has 137 valence electrons. The smallest absolute Gasteiger partial charge is 0.305 e. The van der Waals surface area contributed by atoms with Crippen molar-refractivity contribution in [3.8, 4) is 0 Å². The fourth-order valence-corrected chi connectivity index (χ4v) is 2.82. The first-order valence-corrected chi connectivity index (χ1v) is 10.3. The predicted octanol–water partition coefficient (Wildman–Crippen LogP) is 7.02. The van der Waals surface area contributed by atoms with Crippen LogP contribution < -0.4 is 0 Å². The van der Waals surface area contributed by atoms with Crippen LogP contribution >= 0.6 is 0 Å². The van der Waals surface area contributed by atoms with E-state index < -0.39 is 0 Å². The SMILES string of the molecule is [CH2]CCCC(=O)OCCCCCCCCCCCCCCCC. The summed E-state index contributed by atoms with van der Waals surface area (Å²) in [6.45, 7) is 6.61. The molecule has 2 heteroatoms. The molecular weight excluding hydrogens is 284 g/mol. The lowest BCUT2D eigenvalue weighted by atomic mass is 10.0. The van der Waals surface area contributed by atoms with E-state index in [1.165, 1.54) is 83.5 Å². The molecule has 0 N–H and O–H groups in total. The third-order valence-corrected chi connectivity index (χ3v) is 4.39. The molecule has 0 spiro atoms. The molecule has 0 heterocycles. The van der Waals surface area contributed by atoms with Gasteiger partial charge in [0.25, 0.3) is 0 Å². The minimum absolute atomic E-state index is 0.0525. The monoisotopic (exact) mass is 325 g/mol. The summed E-state index contributed by atoms with van der Waals surface area (Å²) in [4.78, 5) is 11.3. The van der Waals surface area contributed by atoms with Gasteiger partial charge in [0.2, 0.25) is 0 Å². The molecule has 0 aromatic rings. The molecule has 0 aliphatic carbocycles. The van der Waals surface area contributed by atoms with Gasteiger partial charge in [-0.15, -0.1) is 0 Å². The second-order valence-electron chi connectivity index (χ2n) is 6.77. The quantitative estimate of drug-likeness (QED) is 0.200. The molecule has 0 aliphatic heterocycles. The third-order valence-electron chi connectivity index (χ3n) is 4.39. The van der Waals surface area contributed by atoms with Gasteiger partial charge in [-0.05, 0) is 12.8 Å². The van der Waals surface area contributed by atoms with Crippen molar-refractivity contribution < 1.29 is 9.53 Å². The number of hydrogen-bond donors (Lipinski definition) is 0. The lowest BCUT2D eigenvalue weighted by Gasteiger charge is -2.05. The van der Waals surface area contributed by atoms with E-state index in [2.05, 4.69) is 13.8 Å². The topological polar surface area (TPSA) is 26.3 Å². The molecule has 0 aromatic carbocycles. The Morgan fingerprint density at radius 1 is 0.696 bits per heavy atom. The van der Waals surface area contributed by atoms with E-state index in [-0.39, 0.29) is 5.97 Å². The summed E-state index contributed by atoms with van der Waals surface area (Å²) in [5.41, 5.74) is 0. The van der Waals surface area contributed by atoms with Crippen molar-refractivity contribution in [3.63, 3.8) is 0 Å². The van der Waals surface area contributed by atoms with Crippen LogP contribution in [0.4, 0.5) is 0 Å². The fourth-order valence-electron chi connectivity index (χ4n) is 2.82. The maximum Gasteiger partial charge on any atom is 0.305 e. The van der Waals surface area contributed by atoms with E-state index in [4.69, 9.17) is 4.74 Å². The Kier molecular flexibility index (Phi) is 19.1. The van der Waals surface area contributed by atoms with Gasteiger partial charge in [0.1, 0.15) is 0 Å². The van der Waals surface area contributed by atoms with Crippen molar-refractivity contribution in [2.75, 3.05) is 6.61 Å². The van der Waals surface area contributed by atoms with Gasteiger partial charge in [-0.3, -0.25) is 4.79 Å². The first kappa shape index (κ1) is 22.5. The molecular formula is C21H41O2. The van der Waals surface area contributed by atoms with Gasteiger partial charge in [0, 0.05) is 6.42 Å². The van der Waals surface area contributed by atoms with Crippen molar-refractivity contribution >= 4 is 5.97 Å². The number of esters is 1. The summed E-state index contributed by atoms with van der Waals surface area (Å²) in [5.74, 6) is -0.0525. The minimum atomic E-state index is -0.0525. The number of rotatable bonds is 18. The molecule has 0 aliphatic rings. The normalized spacial score (nSPS) is 10.9. The van der Waals surface area contributed by atoms with Crippen LogP contribution in [-0.4, -0.2) is 12.6 Å². The fraction of sp³-hybridized carbons (Fsp3) is 0.905. The lowest BCUT2D eigenvalue weighted by molar-refractivity contribution is -0.143. The summed E-state index contributed by atoms with van der Waals surface area (Å²) in [6, 6.07) is 0. The van der Waals surface area contributed by atoms with Crippen molar-refractivity contribution in [2.45, 2.75) is 116 Å². The summed E-state index contributed by atoms with van der Waals surface area (Å²) in [7, 11) is 0. The average Bonchev–Trinajstić information content (AvgIpc) is 2.56. The Bertz CT molecular complexity index is 238. The summed E-state index contributed by atoms with van der Waals surface area (Å²) in [6.07, 6.45) is 21.1. The molecule has 0 unspecified atom stereocenters. The molecule has 0 saturated heterocycles. The summed E-state index contributed by atoms with van der Waals surface area (Å²) in [5, 5.41) is 0. The second-order valence-corrected chi connectivity index (χ2v) is 6.77. The van der Waals surface area contributed by atoms with Crippen LogP contribution in [0.3, 0.4) is 0 Å². The number of ether oxygens (including phenoxy) is 1. The number of unbranched alkanes of at least 4 members (excludes halogenated alkanes) is 14. The molecule has 0 fully saturated rings. The maximum atomic E-state index is 11.3. The first-order chi connectivity index (χ1) is 11.3. The molecule has 0 rings (SSSR count). The van der Waals surface area contributed by atoms with E-state index in [1.54, 1.807) is 0 Å². The summed E-state index contributed by atoms with van der Waals surface area (Å²) < 4.78 is 5.18. The molecule has 0 aromatic heterocycles. The van der Waals surface area contributed by atoms with Gasteiger partial charge in [-0.1, -0.05) is 104 Å². The number of carbonyl (C=O) groups is 1. The van der Waals surface area contributed by atoms with E-state index in [0.29, 0.717) is 13.0 Å². The Morgan fingerprint density at radius 2 is 1.13 bits per heavy atom. The molecule has 0 atom stereocenters. The van der Waals surface area contributed by atoms with Crippen LogP contribution in [0.25, 0.3) is 0 Å². The van der Waals surface area contributed by atoms with E-state index in [9.17, 15) is 4.79 Å². The second kappa shape index (κ2) is 19.5. The van der Waals surface area contributed by atoms with Crippen LogP contribution in [0.15, 0.2) is 0 Å².